The van der Waals surface area contributed by atoms with Gasteiger partial charge in [-0.25, -0.2) is 0 Å². The number of para-hydroxylation sites is 1. The molecule has 0 aliphatic heterocycles. The number of nitrogens with one attached hydrogen (secondary N) is 1. The first-order valence-electron chi connectivity index (χ1n) is 7.50. The van der Waals surface area contributed by atoms with E-state index >= 15 is 0 Å². The SMILES string of the molecule is CNC(C)Cc1noc(-c2occc2COc2ccccc2)n1.Cl. The highest BCUT2D eigenvalue weighted by Crippen LogP contribution is 2.25. The molecule has 0 amide bonds. The molecule has 2 heterocycles. The van der Waals surface area contributed by atoms with Gasteiger partial charge in [0.2, 0.25) is 0 Å². The molecule has 0 radical (unpaired) electrons. The molecule has 6 nitrogen and oxygen atoms in total. The van der Waals surface area contributed by atoms with Gasteiger partial charge in [0.15, 0.2) is 11.6 Å². The standard InChI is InChI=1S/C17H19N3O3.ClH/c1-12(18-2)10-15-19-17(23-20-15)16-13(8-9-21-16)11-22-14-6-4-3-5-7-14;/h3-9,12,18H,10-11H2,1-2H3;1H. The highest BCUT2D eigenvalue weighted by atomic mass is 35.5. The molecule has 0 aliphatic carbocycles. The van der Waals surface area contributed by atoms with E-state index in [0.29, 0.717) is 30.5 Å². The fourth-order valence-electron chi connectivity index (χ4n) is 2.12. The van der Waals surface area contributed by atoms with Crippen LogP contribution in [-0.4, -0.2) is 23.2 Å². The zero-order valence-corrected chi connectivity index (χ0v) is 14.4. The molecule has 0 fully saturated rings. The molecule has 1 atom stereocenters. The molecule has 2 aromatic heterocycles. The second-order valence-corrected chi connectivity index (χ2v) is 5.29. The smallest absolute Gasteiger partial charge is 0.294 e. The van der Waals surface area contributed by atoms with Crippen molar-refractivity contribution in [2.75, 3.05) is 7.05 Å². The van der Waals surface area contributed by atoms with Gasteiger partial charge in [0.05, 0.1) is 6.26 Å². The van der Waals surface area contributed by atoms with Gasteiger partial charge in [-0.1, -0.05) is 23.4 Å². The predicted molar refractivity (Wildman–Crippen MR) is 92.2 cm³/mol. The van der Waals surface area contributed by atoms with Crippen LogP contribution in [0, 0.1) is 0 Å². The first-order valence-corrected chi connectivity index (χ1v) is 7.50. The van der Waals surface area contributed by atoms with Crippen LogP contribution in [0.15, 0.2) is 51.6 Å². The molecule has 0 saturated heterocycles. The summed E-state index contributed by atoms with van der Waals surface area (Å²) >= 11 is 0. The Morgan fingerprint density at radius 3 is 2.75 bits per heavy atom. The average Bonchev–Trinajstić information content (AvgIpc) is 3.22. The van der Waals surface area contributed by atoms with Crippen LogP contribution in [0.2, 0.25) is 0 Å². The molecule has 0 spiro atoms. The van der Waals surface area contributed by atoms with Crippen molar-refractivity contribution in [3.8, 4) is 17.4 Å². The number of rotatable bonds is 7. The van der Waals surface area contributed by atoms with Crippen molar-refractivity contribution < 1.29 is 13.7 Å². The Balaban J connectivity index is 0.00000208. The van der Waals surface area contributed by atoms with Crippen molar-refractivity contribution in [1.82, 2.24) is 15.5 Å². The Morgan fingerprint density at radius 2 is 2.00 bits per heavy atom. The van der Waals surface area contributed by atoms with E-state index in [1.807, 2.05) is 43.4 Å². The molecule has 1 N–H and O–H groups in total. The first kappa shape index (κ1) is 18.0. The van der Waals surface area contributed by atoms with Gasteiger partial charge in [-0.05, 0) is 32.2 Å². The molecule has 1 unspecified atom stereocenters. The summed E-state index contributed by atoms with van der Waals surface area (Å²) in [6, 6.07) is 11.7. The summed E-state index contributed by atoms with van der Waals surface area (Å²) in [6.07, 6.45) is 2.29. The minimum Gasteiger partial charge on any atom is -0.489 e. The molecule has 7 heteroatoms. The quantitative estimate of drug-likeness (QED) is 0.704. The van der Waals surface area contributed by atoms with Crippen molar-refractivity contribution in [1.29, 1.82) is 0 Å². The van der Waals surface area contributed by atoms with Crippen molar-refractivity contribution in [3.63, 3.8) is 0 Å². The van der Waals surface area contributed by atoms with Crippen molar-refractivity contribution in [2.45, 2.75) is 26.0 Å². The number of hydrogen-bond donors (Lipinski definition) is 1. The van der Waals surface area contributed by atoms with Crippen LogP contribution in [0.3, 0.4) is 0 Å². The summed E-state index contributed by atoms with van der Waals surface area (Å²) in [5.41, 5.74) is 0.866. The zero-order valence-electron chi connectivity index (χ0n) is 13.6. The molecule has 3 aromatic rings. The molecule has 3 rings (SSSR count). The lowest BCUT2D eigenvalue weighted by Crippen LogP contribution is -2.24. The van der Waals surface area contributed by atoms with E-state index in [2.05, 4.69) is 22.4 Å². The molecule has 0 bridgehead atoms. The maximum absolute atomic E-state index is 5.74. The maximum atomic E-state index is 5.74. The third-order valence-electron chi connectivity index (χ3n) is 3.53. The van der Waals surface area contributed by atoms with E-state index in [0.717, 1.165) is 11.3 Å². The monoisotopic (exact) mass is 349 g/mol. The molecule has 128 valence electrons. The summed E-state index contributed by atoms with van der Waals surface area (Å²) in [7, 11) is 1.90. The number of ether oxygens (including phenoxy) is 1. The maximum Gasteiger partial charge on any atom is 0.294 e. The predicted octanol–water partition coefficient (Wildman–Crippen LogP) is 3.48. The van der Waals surface area contributed by atoms with Crippen molar-refractivity contribution in [3.05, 3.63) is 54.0 Å². The van der Waals surface area contributed by atoms with Crippen LogP contribution < -0.4 is 10.1 Å². The second-order valence-electron chi connectivity index (χ2n) is 5.29. The van der Waals surface area contributed by atoms with Gasteiger partial charge in [0.1, 0.15) is 12.4 Å². The van der Waals surface area contributed by atoms with Gasteiger partial charge < -0.3 is 19.0 Å². The Bertz CT molecular complexity index is 742. The van der Waals surface area contributed by atoms with E-state index in [9.17, 15) is 0 Å². The van der Waals surface area contributed by atoms with Gasteiger partial charge in [0.25, 0.3) is 5.89 Å². The molecule has 0 saturated carbocycles. The molecular formula is C17H20ClN3O3. The van der Waals surface area contributed by atoms with Gasteiger partial charge in [-0.3, -0.25) is 0 Å². The summed E-state index contributed by atoms with van der Waals surface area (Å²) < 4.78 is 16.5. The Kier molecular flexibility index (Phi) is 6.40. The lowest BCUT2D eigenvalue weighted by molar-refractivity contribution is 0.304. The Morgan fingerprint density at radius 1 is 1.21 bits per heavy atom. The largest absolute Gasteiger partial charge is 0.489 e. The van der Waals surface area contributed by atoms with E-state index in [1.54, 1.807) is 6.26 Å². The Labute approximate surface area is 146 Å². The van der Waals surface area contributed by atoms with E-state index in [4.69, 9.17) is 13.7 Å². The topological polar surface area (TPSA) is 73.3 Å². The van der Waals surface area contributed by atoms with Crippen molar-refractivity contribution >= 4 is 12.4 Å². The number of likely N-dealkylation sites (N-methyl/N-ethyl adjacent to an activating group) is 1. The third-order valence-corrected chi connectivity index (χ3v) is 3.53. The Hall–Kier alpha value is -2.31. The highest BCUT2D eigenvalue weighted by Gasteiger charge is 2.17. The van der Waals surface area contributed by atoms with Gasteiger partial charge in [-0.2, -0.15) is 4.98 Å². The van der Waals surface area contributed by atoms with Crippen LogP contribution in [0.5, 0.6) is 5.75 Å². The van der Waals surface area contributed by atoms with Gasteiger partial charge in [0, 0.05) is 18.0 Å². The fraction of sp³-hybridized carbons (Fsp3) is 0.294. The fourth-order valence-corrected chi connectivity index (χ4v) is 2.12. The lowest BCUT2D eigenvalue weighted by atomic mass is 10.2. The average molecular weight is 350 g/mol. The number of hydrogen-bond acceptors (Lipinski definition) is 6. The normalized spacial score (nSPS) is 11.8. The summed E-state index contributed by atoms with van der Waals surface area (Å²) in [4.78, 5) is 4.39. The minimum absolute atomic E-state index is 0. The van der Waals surface area contributed by atoms with Crippen molar-refractivity contribution in [2.24, 2.45) is 0 Å². The summed E-state index contributed by atoms with van der Waals surface area (Å²) in [5, 5.41) is 7.13. The van der Waals surface area contributed by atoms with Crippen LogP contribution in [0.4, 0.5) is 0 Å². The number of aromatic nitrogens is 2. The zero-order chi connectivity index (χ0) is 16.1. The number of benzene rings is 1. The first-order chi connectivity index (χ1) is 11.3. The highest BCUT2D eigenvalue weighted by molar-refractivity contribution is 5.85. The van der Waals surface area contributed by atoms with E-state index < -0.39 is 0 Å². The second kappa shape index (κ2) is 8.52. The number of furan rings is 1. The third kappa shape index (κ3) is 4.37. The van der Waals surface area contributed by atoms with Crippen LogP contribution in [0.1, 0.15) is 18.3 Å². The summed E-state index contributed by atoms with van der Waals surface area (Å²) in [5.74, 6) is 2.37. The van der Waals surface area contributed by atoms with Crippen LogP contribution in [0.25, 0.3) is 11.7 Å². The molecule has 24 heavy (non-hydrogen) atoms. The number of nitrogens with zero attached hydrogens (tertiary/aromatic N) is 2. The lowest BCUT2D eigenvalue weighted by Gasteiger charge is -2.05. The molecular weight excluding hydrogens is 330 g/mol. The molecule has 0 aliphatic rings. The number of halogens is 1. The van der Waals surface area contributed by atoms with Gasteiger partial charge in [-0.15, -0.1) is 12.4 Å². The minimum atomic E-state index is 0. The van der Waals surface area contributed by atoms with E-state index in [1.165, 1.54) is 0 Å². The molecule has 1 aromatic carbocycles. The van der Waals surface area contributed by atoms with Crippen LogP contribution >= 0.6 is 12.4 Å². The van der Waals surface area contributed by atoms with Gasteiger partial charge >= 0.3 is 0 Å². The van der Waals surface area contributed by atoms with E-state index in [-0.39, 0.29) is 18.4 Å². The van der Waals surface area contributed by atoms with Crippen LogP contribution in [-0.2, 0) is 13.0 Å². The summed E-state index contributed by atoms with van der Waals surface area (Å²) in [6.45, 7) is 2.43.